The Labute approximate surface area is 160 Å². The standard InChI is InChI=1S/C21H19N3O4/c1-3-17-13(2)18-10-7-15(12-19(18)23-21(17)26)22-20(25)11-6-14-4-8-16(9-5-14)24(27)28/h4-12H,3H2,1-2H3,(H,22,25)(H,23,26)/b11-6-. The summed E-state index contributed by atoms with van der Waals surface area (Å²) >= 11 is 0. The second-order valence-corrected chi connectivity index (χ2v) is 6.34. The number of nitro groups is 1. The van der Waals surface area contributed by atoms with Gasteiger partial charge in [-0.1, -0.05) is 13.0 Å². The molecule has 0 aliphatic heterocycles. The minimum Gasteiger partial charge on any atom is -0.322 e. The maximum absolute atomic E-state index is 12.2. The van der Waals surface area contributed by atoms with E-state index in [1.165, 1.54) is 18.2 Å². The largest absolute Gasteiger partial charge is 0.322 e. The number of hydrogen-bond acceptors (Lipinski definition) is 4. The van der Waals surface area contributed by atoms with Crippen LogP contribution in [0.1, 0.15) is 23.6 Å². The zero-order valence-corrected chi connectivity index (χ0v) is 15.5. The number of benzene rings is 2. The average Bonchev–Trinajstić information content (AvgIpc) is 2.67. The second kappa shape index (κ2) is 7.87. The highest BCUT2D eigenvalue weighted by molar-refractivity contribution is 6.03. The number of carbonyl (C=O) groups excluding carboxylic acids is 1. The van der Waals surface area contributed by atoms with Crippen molar-refractivity contribution >= 4 is 34.3 Å². The Balaban J connectivity index is 1.77. The number of non-ortho nitro benzene ring substituents is 1. The smallest absolute Gasteiger partial charge is 0.269 e. The normalized spacial score (nSPS) is 11.1. The highest BCUT2D eigenvalue weighted by Crippen LogP contribution is 2.21. The van der Waals surface area contributed by atoms with E-state index in [9.17, 15) is 19.7 Å². The molecule has 2 aromatic carbocycles. The van der Waals surface area contributed by atoms with E-state index in [0.29, 0.717) is 23.2 Å². The molecule has 3 aromatic rings. The van der Waals surface area contributed by atoms with Gasteiger partial charge in [0.05, 0.1) is 10.4 Å². The molecule has 0 bridgehead atoms. The van der Waals surface area contributed by atoms with E-state index in [4.69, 9.17) is 0 Å². The Morgan fingerprint density at radius 2 is 1.93 bits per heavy atom. The zero-order chi connectivity index (χ0) is 20.3. The summed E-state index contributed by atoms with van der Waals surface area (Å²) in [5.74, 6) is -0.345. The Kier molecular flexibility index (Phi) is 5.35. The van der Waals surface area contributed by atoms with Crippen molar-refractivity contribution in [2.45, 2.75) is 20.3 Å². The summed E-state index contributed by atoms with van der Waals surface area (Å²) in [6.07, 6.45) is 3.57. The highest BCUT2D eigenvalue weighted by atomic mass is 16.6. The number of hydrogen-bond donors (Lipinski definition) is 2. The van der Waals surface area contributed by atoms with Gasteiger partial charge in [-0.05, 0) is 54.8 Å². The molecule has 0 aliphatic rings. The van der Waals surface area contributed by atoms with Crippen LogP contribution in [0.4, 0.5) is 11.4 Å². The molecule has 0 fully saturated rings. The first kappa shape index (κ1) is 19.0. The molecule has 0 atom stereocenters. The summed E-state index contributed by atoms with van der Waals surface area (Å²) in [5, 5.41) is 14.3. The van der Waals surface area contributed by atoms with Crippen molar-refractivity contribution in [1.82, 2.24) is 4.98 Å². The van der Waals surface area contributed by atoms with Crippen molar-refractivity contribution in [3.8, 4) is 0 Å². The number of pyridine rings is 1. The van der Waals surface area contributed by atoms with Crippen LogP contribution in [-0.2, 0) is 11.2 Å². The minimum absolute atomic E-state index is 0.00622. The molecule has 0 saturated carbocycles. The number of anilines is 1. The third kappa shape index (κ3) is 3.98. The molecule has 142 valence electrons. The summed E-state index contributed by atoms with van der Waals surface area (Å²) in [7, 11) is 0. The van der Waals surface area contributed by atoms with Gasteiger partial charge in [0.15, 0.2) is 0 Å². The number of rotatable bonds is 5. The quantitative estimate of drug-likeness (QED) is 0.399. The van der Waals surface area contributed by atoms with Crippen LogP contribution in [0.15, 0.2) is 53.3 Å². The summed E-state index contributed by atoms with van der Waals surface area (Å²) in [6, 6.07) is 11.3. The van der Waals surface area contributed by atoms with Crippen LogP contribution in [0, 0.1) is 17.0 Å². The fraction of sp³-hybridized carbons (Fsp3) is 0.143. The van der Waals surface area contributed by atoms with Gasteiger partial charge in [-0.15, -0.1) is 0 Å². The van der Waals surface area contributed by atoms with Crippen molar-refractivity contribution < 1.29 is 9.72 Å². The third-order valence-corrected chi connectivity index (χ3v) is 4.55. The number of nitro benzene ring substituents is 1. The molecule has 7 heteroatoms. The summed E-state index contributed by atoms with van der Waals surface area (Å²) in [4.78, 5) is 37.3. The molecule has 1 heterocycles. The number of nitrogens with one attached hydrogen (secondary N) is 2. The third-order valence-electron chi connectivity index (χ3n) is 4.55. The first-order valence-electron chi connectivity index (χ1n) is 8.78. The molecule has 1 amide bonds. The SMILES string of the molecule is CCc1c(C)c2ccc(NC(=O)/C=C\c3ccc([N+](=O)[O-])cc3)cc2[nH]c1=O. The molecule has 0 radical (unpaired) electrons. The van der Waals surface area contributed by atoms with Gasteiger partial charge in [0.2, 0.25) is 5.91 Å². The molecule has 28 heavy (non-hydrogen) atoms. The van der Waals surface area contributed by atoms with Gasteiger partial charge in [0.25, 0.3) is 11.2 Å². The second-order valence-electron chi connectivity index (χ2n) is 6.34. The molecule has 3 rings (SSSR count). The van der Waals surface area contributed by atoms with E-state index in [2.05, 4.69) is 10.3 Å². The fourth-order valence-corrected chi connectivity index (χ4v) is 3.07. The van der Waals surface area contributed by atoms with Gasteiger partial charge in [-0.2, -0.15) is 0 Å². The number of amides is 1. The molecule has 0 unspecified atom stereocenters. The average molecular weight is 377 g/mol. The molecular weight excluding hydrogens is 358 g/mol. The van der Waals surface area contributed by atoms with Crippen LogP contribution in [0.2, 0.25) is 0 Å². The van der Waals surface area contributed by atoms with E-state index in [1.807, 2.05) is 19.9 Å². The Bertz CT molecular complexity index is 1140. The maximum Gasteiger partial charge on any atom is 0.269 e. The van der Waals surface area contributed by atoms with Crippen molar-refractivity contribution in [2.75, 3.05) is 5.32 Å². The summed E-state index contributed by atoms with van der Waals surface area (Å²) in [5.41, 5.74) is 3.48. The number of aryl methyl sites for hydroxylation is 1. The highest BCUT2D eigenvalue weighted by Gasteiger charge is 2.08. The number of aromatic nitrogens is 1. The fourth-order valence-electron chi connectivity index (χ4n) is 3.07. The Morgan fingerprint density at radius 3 is 2.57 bits per heavy atom. The van der Waals surface area contributed by atoms with Gasteiger partial charge in [-0.25, -0.2) is 0 Å². The van der Waals surface area contributed by atoms with E-state index in [-0.39, 0.29) is 17.2 Å². The van der Waals surface area contributed by atoms with Crippen molar-refractivity contribution in [3.63, 3.8) is 0 Å². The lowest BCUT2D eigenvalue weighted by Crippen LogP contribution is -2.14. The minimum atomic E-state index is -0.477. The lowest BCUT2D eigenvalue weighted by molar-refractivity contribution is -0.384. The van der Waals surface area contributed by atoms with Gasteiger partial charge in [-0.3, -0.25) is 19.7 Å². The number of nitrogens with zero attached hydrogens (tertiary/aromatic N) is 1. The van der Waals surface area contributed by atoms with E-state index in [0.717, 1.165) is 16.5 Å². The molecule has 0 aliphatic carbocycles. The Morgan fingerprint density at radius 1 is 1.21 bits per heavy atom. The lowest BCUT2D eigenvalue weighted by atomic mass is 10.0. The molecule has 7 nitrogen and oxygen atoms in total. The van der Waals surface area contributed by atoms with Crippen LogP contribution in [0.3, 0.4) is 0 Å². The maximum atomic E-state index is 12.2. The summed E-state index contributed by atoms with van der Waals surface area (Å²) in [6.45, 7) is 3.86. The van der Waals surface area contributed by atoms with Crippen LogP contribution in [0.25, 0.3) is 17.0 Å². The van der Waals surface area contributed by atoms with Crippen LogP contribution in [0.5, 0.6) is 0 Å². The number of aromatic amines is 1. The predicted molar refractivity (Wildman–Crippen MR) is 109 cm³/mol. The van der Waals surface area contributed by atoms with Gasteiger partial charge < -0.3 is 10.3 Å². The van der Waals surface area contributed by atoms with Crippen molar-refractivity contribution in [1.29, 1.82) is 0 Å². The molecular formula is C21H19N3O4. The zero-order valence-electron chi connectivity index (χ0n) is 15.5. The van der Waals surface area contributed by atoms with Gasteiger partial charge in [0.1, 0.15) is 0 Å². The topological polar surface area (TPSA) is 105 Å². The van der Waals surface area contributed by atoms with Crippen LogP contribution >= 0.6 is 0 Å². The van der Waals surface area contributed by atoms with E-state index < -0.39 is 4.92 Å². The van der Waals surface area contributed by atoms with Gasteiger partial charge >= 0.3 is 0 Å². The van der Waals surface area contributed by atoms with Crippen molar-refractivity contribution in [2.24, 2.45) is 0 Å². The first-order chi connectivity index (χ1) is 13.4. The predicted octanol–water partition coefficient (Wildman–Crippen LogP) is 3.96. The summed E-state index contributed by atoms with van der Waals surface area (Å²) < 4.78 is 0. The molecule has 2 N–H and O–H groups in total. The molecule has 0 spiro atoms. The Hall–Kier alpha value is -3.74. The number of H-pyrrole nitrogens is 1. The van der Waals surface area contributed by atoms with Crippen LogP contribution < -0.4 is 10.9 Å². The van der Waals surface area contributed by atoms with E-state index in [1.54, 1.807) is 30.3 Å². The van der Waals surface area contributed by atoms with E-state index >= 15 is 0 Å². The molecule has 1 aromatic heterocycles. The molecule has 0 saturated heterocycles. The number of carbonyl (C=O) groups is 1. The monoisotopic (exact) mass is 377 g/mol. The van der Waals surface area contributed by atoms with Crippen LogP contribution in [-0.4, -0.2) is 15.8 Å². The number of fused-ring (bicyclic) bond motifs is 1. The first-order valence-corrected chi connectivity index (χ1v) is 8.78. The lowest BCUT2D eigenvalue weighted by Gasteiger charge is -2.09. The van der Waals surface area contributed by atoms with Crippen molar-refractivity contribution in [3.05, 3.63) is 85.7 Å². The van der Waals surface area contributed by atoms with Gasteiger partial charge in [0, 0.05) is 34.8 Å².